The van der Waals surface area contributed by atoms with Gasteiger partial charge in [-0.15, -0.1) is 0 Å². The lowest BCUT2D eigenvalue weighted by molar-refractivity contribution is -0.161. The number of fused-ring (bicyclic) bond motifs is 12. The van der Waals surface area contributed by atoms with Crippen LogP contribution in [-0.4, -0.2) is 201 Å². The first-order chi connectivity index (χ1) is 95.5. The molecule has 8 aliphatic heterocycles. The third kappa shape index (κ3) is 23.8. The molecular weight excluding hydrogens is 1520 g/mol. The number of hydrogen-bond acceptors (Lipinski definition) is 24. The van der Waals surface area contributed by atoms with Crippen LogP contribution in [0.5, 0.6) is 46.0 Å². The Morgan fingerprint density at radius 1 is 0.367 bits per heavy atom. The van der Waals surface area contributed by atoms with Crippen LogP contribution in [-0.2, 0) is 63.6 Å². The maximum Gasteiger partial charge on any atom is 0.323 e. The molecule has 672 valence electrons. The van der Waals surface area contributed by atoms with Crippen LogP contribution < -0.4 is 60.8 Å². The van der Waals surface area contributed by atoms with E-state index in [1.165, 1.54) is 0 Å². The van der Waals surface area contributed by atoms with E-state index >= 15 is 0 Å². The number of hydrogen-bond donors (Lipinski definition) is 4. The highest BCUT2D eigenvalue weighted by Crippen LogP contribution is 2.50. The summed E-state index contributed by atoms with van der Waals surface area (Å²) in [5.74, 6) is -66.8. The largest absolute Gasteiger partial charge is 0.493 e. The van der Waals surface area contributed by atoms with E-state index in [4.69, 9.17) is 187 Å². The van der Waals surface area contributed by atoms with Gasteiger partial charge in [-0.25, -0.2) is 0 Å². The number of aryl methyl sites for hydroxylation is 4. The van der Waals surface area contributed by atoms with Crippen LogP contribution in [0.2, 0.25) is 0 Å². The summed E-state index contributed by atoms with van der Waals surface area (Å²) in [7, 11) is -0.402. The van der Waals surface area contributed by atoms with Crippen molar-refractivity contribution < 1.29 is 213 Å². The van der Waals surface area contributed by atoms with Crippen molar-refractivity contribution in [2.75, 3.05) is 109 Å². The number of carbonyl (C=O) groups excluding carboxylic acids is 4. The van der Waals surface area contributed by atoms with Crippen LogP contribution in [0.1, 0.15) is 367 Å². The maximum atomic E-state index is 14.0. The fraction of sp³-hybridized carbons (Fsp3) is 0.708. The third-order valence-corrected chi connectivity index (χ3v) is 16.6. The van der Waals surface area contributed by atoms with Gasteiger partial charge in [-0.1, -0.05) is 110 Å². The van der Waals surface area contributed by atoms with E-state index in [-0.39, 0.29) is 51.5 Å². The zero-order valence-electron chi connectivity index (χ0n) is 165. The predicted octanol–water partition coefficient (Wildman–Crippen LogP) is 14.3. The van der Waals surface area contributed by atoms with Gasteiger partial charge in [-0.3, -0.25) is 38.8 Å². The lowest BCUT2D eigenvalue weighted by Gasteiger charge is -2.47. The van der Waals surface area contributed by atoms with Crippen LogP contribution in [0.4, 0.5) is 0 Å². The summed E-state index contributed by atoms with van der Waals surface area (Å²) in [5.41, 5.74) is 15.6. The number of ether oxygens (including phenoxy) is 12. The van der Waals surface area contributed by atoms with Crippen molar-refractivity contribution in [3.63, 3.8) is 0 Å². The monoisotopic (exact) mass is 1770 g/mol. The number of nitrogens with two attached hydrogens (primary N) is 4. The Labute approximate surface area is 859 Å². The number of benzene rings is 4. The lowest BCUT2D eigenvalue weighted by Crippen LogP contribution is -2.51. The number of piperidine rings is 4. The van der Waals surface area contributed by atoms with Crippen molar-refractivity contribution >= 4 is 23.9 Å². The van der Waals surface area contributed by atoms with Crippen LogP contribution in [0, 0.1) is 70.7 Å². The first kappa shape index (κ1) is 28.9. The average Bonchev–Trinajstić information content (AvgIpc) is 0.648. The summed E-state index contributed by atoms with van der Waals surface area (Å²) in [6, 6.07) is -23.2. The second-order valence-electron chi connectivity index (χ2n) is 24.8. The second-order valence-corrected chi connectivity index (χ2v) is 24.8. The van der Waals surface area contributed by atoms with Gasteiger partial charge in [0.25, 0.3) is 0 Å². The smallest absolute Gasteiger partial charge is 0.323 e. The topological polar surface area (TPSA) is 296 Å². The third-order valence-electron chi connectivity index (χ3n) is 16.6. The number of carbonyl (C=O) groups is 4. The molecule has 4 aromatic rings. The summed E-state index contributed by atoms with van der Waals surface area (Å²) >= 11 is 0. The molecule has 120 heavy (non-hydrogen) atoms. The number of nitrogens with zero attached hydrogens (tertiary/aromatic N) is 4. The van der Waals surface area contributed by atoms with Gasteiger partial charge in [0.1, 0.15) is 48.4 Å². The first-order valence-corrected chi connectivity index (χ1v) is 34.1. The van der Waals surface area contributed by atoms with Crippen molar-refractivity contribution in [1.82, 2.24) is 19.6 Å². The number of methoxy groups -OCH3 is 8. The molecule has 0 radical (unpaired) electrons. The van der Waals surface area contributed by atoms with E-state index < -0.39 is 464 Å². The molecule has 12 rings (SSSR count). The Morgan fingerprint density at radius 2 is 0.600 bits per heavy atom. The van der Waals surface area contributed by atoms with Crippen molar-refractivity contribution in [3.05, 3.63) is 93.0 Å². The van der Waals surface area contributed by atoms with Crippen LogP contribution in [0.15, 0.2) is 48.5 Å². The van der Waals surface area contributed by atoms with E-state index in [0.717, 1.165) is 66.9 Å². The molecule has 0 saturated carbocycles. The molecule has 0 bridgehead atoms. The van der Waals surface area contributed by atoms with Gasteiger partial charge in [0.2, 0.25) is 0 Å². The van der Waals surface area contributed by atoms with Gasteiger partial charge >= 0.3 is 23.9 Å². The van der Waals surface area contributed by atoms with E-state index in [0.29, 0.717) is 38.1 Å². The predicted molar refractivity (Wildman–Crippen MR) is 471 cm³/mol. The Balaban J connectivity index is 0.000000315. The van der Waals surface area contributed by atoms with E-state index in [2.05, 4.69) is 0 Å². The molecule has 0 aromatic heterocycles. The fourth-order valence-electron chi connectivity index (χ4n) is 11.1. The van der Waals surface area contributed by atoms with Gasteiger partial charge in [0.15, 0.2) is 46.0 Å². The van der Waals surface area contributed by atoms with Crippen molar-refractivity contribution in [3.8, 4) is 46.0 Å². The molecule has 8 heterocycles. The minimum absolute atomic E-state index is 0.225. The summed E-state index contributed by atoms with van der Waals surface area (Å²) in [4.78, 5) is 54.3. The minimum atomic E-state index is -4.93. The lowest BCUT2D eigenvalue weighted by atomic mass is 9.79. The van der Waals surface area contributed by atoms with Gasteiger partial charge in [-0.05, 0) is 191 Å². The highest BCUT2D eigenvalue weighted by molar-refractivity contribution is 5.77. The highest BCUT2D eigenvalue weighted by atomic mass is 16.6. The summed E-state index contributed by atoms with van der Waals surface area (Å²) in [6.07, 6.45) is -65.6. The Hall–Kier alpha value is -7.16. The van der Waals surface area contributed by atoms with Gasteiger partial charge in [0, 0.05) is 246 Å². The molecule has 0 aliphatic carbocycles. The molecule has 4 saturated heterocycles. The SMILES string of the molecule is [2H]C([2H])([2H])C([2H])(C)C([2H])([2H])C1([2H])C([2H])([2H])N2C(c3cc(OC)c(OC)cc3C([2H])([2H])C2([2H])[2H])C([2H])([2H])C1([2H])OC(=O)[C@@]([2H])(N)C([2H])(C([2H])([2H])[2H])C([2H])([2H])[2H].[2H]C([2H])([2H])Oc1cc2c(cc1OC)C1N(C([2H])([2H])C2([2H])[2H])C([2H])([2H])C([2H])(C([2H])([2H])C([2H])(C)C([2H])([2H])[2H])C(OC(=O)[C@@]([2H])(N)C([2H])(C([2H])([2H])[2H])C([2H])([2H])[2H])C1([2H])[2H].[2H]C([2H])([2H])Oc1cc2c(cc1OC)C1N(C([2H])([2H])C2([2H])[2H])C([2H])([2H])C([2H])(C([2H])([2H])C([2H])(C)C([2H])([2H])[2H])C([2H])(OC(=O)[C@@]([2H])(N)C([2H])(C([2H])([2H])[2H])C([2H])([2H])[2H])C1([2H])[2H].[2H]C1([2H])C2c3cc(OC)c(OC)cc3C([2H])([2H])C([2H])([2H])N2C([2H])([2H])C([2H])(C([2H])([2H])C([2H])(C)C([2H])([2H])[2H])C1OC(=O)[C@@]([2H])(N)C([2H])(C([2H])([2H])[2H])C([2H])([2H])[2H]. The van der Waals surface area contributed by atoms with Gasteiger partial charge in [-0.2, -0.15) is 0 Å². The van der Waals surface area contributed by atoms with Crippen LogP contribution in [0.3, 0.4) is 0 Å². The first-order valence-electron chi connectivity index (χ1n) is 84.1. The summed E-state index contributed by atoms with van der Waals surface area (Å²) < 4.78 is 904. The Morgan fingerprint density at radius 3 is 0.850 bits per heavy atom. The molecule has 8 aliphatic rings. The zero-order valence-corrected chi connectivity index (χ0v) is 64.7. The highest BCUT2D eigenvalue weighted by Gasteiger charge is 2.47. The van der Waals surface area contributed by atoms with Gasteiger partial charge < -0.3 is 79.8 Å². The van der Waals surface area contributed by atoms with Crippen molar-refractivity contribution in [2.24, 2.45) is 93.7 Å². The van der Waals surface area contributed by atoms with Crippen molar-refractivity contribution in [2.45, 2.75) is 259 Å². The second kappa shape index (κ2) is 43.9. The van der Waals surface area contributed by atoms with Crippen molar-refractivity contribution in [1.29, 1.82) is 0 Å². The standard InChI is InChI=1S/4C24H38N2O4/c4*1-14(2)9-17-13-26-8-7-16-10-21(28-5)22(29-6)11-18(16)19(26)12-20(17)30-24(27)23(25)15(3)4/h4*10-11,14-15,17,19-20,23H,7-9,12-13,25H2,1-6H3/t4*17?,19?,20?,23-/m0000/s1/i1D3,3D3,4D3,5D3,7D2,8D2,9D2,12D2,13D2,14D,15D,17D,20D,23D;1D3,3D3,4D3,7D2,8D2,9D2,12D2,13D2,14D,15D,17D,20D,23D;1D3,3D3,4D3,5D3,7D2,8D2,9D2,12D2,13D2,14D,15D,17D,23D;1D3,3D3,4D3,7D2,8D2,9D2,12D2,13D2,14D,15D,17D,23D/t4*14?,17?,19?,20?,23-. The number of esters is 4. The molecule has 16 unspecified atom stereocenters. The van der Waals surface area contributed by atoms with Crippen LogP contribution in [0.25, 0.3) is 0 Å². The number of rotatable bonds is 28. The molecular formula is C96H152N8O16. The van der Waals surface area contributed by atoms with E-state index in [9.17, 15) is 49.3 Å². The molecule has 8 N–H and O–H groups in total. The summed E-state index contributed by atoms with van der Waals surface area (Å²) in [6.45, 7) is -81.6. The molecule has 0 spiro atoms. The van der Waals surface area contributed by atoms with Crippen LogP contribution >= 0.6 is 0 Å². The van der Waals surface area contributed by atoms with E-state index in [1.54, 1.807) is 0 Å². The van der Waals surface area contributed by atoms with Gasteiger partial charge in [0.05, 0.1) is 73.2 Å². The molecule has 20 atom stereocenters. The molecule has 4 aromatic carbocycles. The molecule has 24 heteroatoms. The molecule has 0 amide bonds. The molecule has 4 fully saturated rings. The Bertz CT molecular complexity index is 8660. The quantitative estimate of drug-likeness (QED) is 0.0303. The Kier molecular flexibility index (Phi) is 10.6. The normalized spacial score (nSPS) is 52.9. The zero-order chi connectivity index (χ0) is 175. The summed E-state index contributed by atoms with van der Waals surface area (Å²) in [5, 5.41) is 0. The minimum Gasteiger partial charge on any atom is -0.493 e. The average molecular weight is 1770 g/mol. The molecule has 24 nitrogen and oxygen atoms in total. The maximum absolute atomic E-state index is 14.0. The fourth-order valence-corrected chi connectivity index (χ4v) is 11.1. The van der Waals surface area contributed by atoms with E-state index in [1.807, 2.05) is 0 Å².